The Kier molecular flexibility index (Phi) is 4.50. The Hall–Kier alpha value is -1.04. The Labute approximate surface area is 115 Å². The molecule has 0 saturated heterocycles. The monoisotopic (exact) mass is 285 g/mol. The van der Waals surface area contributed by atoms with Crippen LogP contribution in [0.3, 0.4) is 0 Å². The van der Waals surface area contributed by atoms with Crippen molar-refractivity contribution in [2.24, 2.45) is 0 Å². The maximum Gasteiger partial charge on any atom is 0.265 e. The van der Waals surface area contributed by atoms with Gasteiger partial charge in [0, 0.05) is 22.2 Å². The summed E-state index contributed by atoms with van der Waals surface area (Å²) in [5.41, 5.74) is 1.17. The van der Waals surface area contributed by atoms with Crippen LogP contribution in [0.5, 0.6) is 0 Å². The molecular weight excluding hydrogens is 268 g/mol. The first-order valence-corrected chi connectivity index (χ1v) is 7.00. The van der Waals surface area contributed by atoms with Gasteiger partial charge in [-0.3, -0.25) is 0 Å². The number of aryl methyl sites for hydroxylation is 1. The van der Waals surface area contributed by atoms with Crippen LogP contribution in [-0.4, -0.2) is 24.2 Å². The second-order valence-corrected chi connectivity index (χ2v) is 5.70. The van der Waals surface area contributed by atoms with E-state index in [4.69, 9.17) is 5.11 Å². The average Bonchev–Trinajstić information content (AvgIpc) is 2.73. The fourth-order valence-corrected chi connectivity index (χ4v) is 3.32. The van der Waals surface area contributed by atoms with Crippen LogP contribution in [0, 0.1) is 6.92 Å². The van der Waals surface area contributed by atoms with E-state index < -0.39 is 12.5 Å². The summed E-state index contributed by atoms with van der Waals surface area (Å²) in [6, 6.07) is 8.04. The molecule has 0 spiro atoms. The molecule has 2 nitrogen and oxygen atoms in total. The zero-order valence-corrected chi connectivity index (χ0v) is 11.7. The molecule has 0 saturated carbocycles. The van der Waals surface area contributed by atoms with Crippen molar-refractivity contribution in [2.45, 2.75) is 32.4 Å². The van der Waals surface area contributed by atoms with Gasteiger partial charge in [0.25, 0.3) is 6.43 Å². The minimum Gasteiger partial charge on any atom is -0.386 e. The Morgan fingerprint density at radius 2 is 2.00 bits per heavy atom. The molecule has 2 aromatic rings. The molecule has 0 aliphatic carbocycles. The van der Waals surface area contributed by atoms with Crippen molar-refractivity contribution < 1.29 is 13.9 Å². The van der Waals surface area contributed by atoms with Gasteiger partial charge < -0.3 is 10.4 Å². The average molecular weight is 285 g/mol. The number of aliphatic hydroxyl groups is 1. The Balaban J connectivity index is 2.13. The number of fused-ring (bicyclic) bond motifs is 1. The van der Waals surface area contributed by atoms with E-state index in [1.54, 1.807) is 11.3 Å². The Bertz CT molecular complexity index is 555. The number of benzene rings is 1. The highest BCUT2D eigenvalue weighted by atomic mass is 32.1. The largest absolute Gasteiger partial charge is 0.386 e. The molecular formula is C14H17F2NOS. The normalized spacial score (nSPS) is 15.1. The molecule has 2 atom stereocenters. The molecule has 5 heteroatoms. The van der Waals surface area contributed by atoms with Gasteiger partial charge in [-0.05, 0) is 30.9 Å². The SMILES string of the molecule is Cc1c(C(C)NCC(O)C(F)F)sc2ccccc12. The molecule has 1 aromatic heterocycles. The molecule has 2 unspecified atom stereocenters. The maximum absolute atomic E-state index is 12.2. The summed E-state index contributed by atoms with van der Waals surface area (Å²) in [6.45, 7) is 3.86. The van der Waals surface area contributed by atoms with Gasteiger partial charge in [-0.1, -0.05) is 18.2 Å². The van der Waals surface area contributed by atoms with Crippen molar-refractivity contribution in [2.75, 3.05) is 6.54 Å². The first-order valence-electron chi connectivity index (χ1n) is 6.18. The number of hydrogen-bond acceptors (Lipinski definition) is 3. The van der Waals surface area contributed by atoms with Crippen LogP contribution in [0.2, 0.25) is 0 Å². The van der Waals surface area contributed by atoms with Crippen molar-refractivity contribution >= 4 is 21.4 Å². The second-order valence-electron chi connectivity index (χ2n) is 4.62. The molecule has 0 aliphatic heterocycles. The molecule has 0 aliphatic rings. The number of thiophene rings is 1. The van der Waals surface area contributed by atoms with Crippen molar-refractivity contribution in [3.05, 3.63) is 34.7 Å². The summed E-state index contributed by atoms with van der Waals surface area (Å²) in [6.07, 6.45) is -4.32. The van der Waals surface area contributed by atoms with Gasteiger partial charge in [0.2, 0.25) is 0 Å². The zero-order valence-electron chi connectivity index (χ0n) is 10.9. The fourth-order valence-electron chi connectivity index (χ4n) is 2.09. The van der Waals surface area contributed by atoms with Crippen LogP contribution in [0.4, 0.5) is 8.78 Å². The summed E-state index contributed by atoms with van der Waals surface area (Å²) in [7, 11) is 0. The third kappa shape index (κ3) is 3.11. The lowest BCUT2D eigenvalue weighted by Gasteiger charge is -2.16. The van der Waals surface area contributed by atoms with Crippen molar-refractivity contribution in [3.63, 3.8) is 0 Å². The van der Waals surface area contributed by atoms with Gasteiger partial charge in [0.05, 0.1) is 0 Å². The molecule has 104 valence electrons. The van der Waals surface area contributed by atoms with Gasteiger partial charge in [-0.15, -0.1) is 11.3 Å². The van der Waals surface area contributed by atoms with Gasteiger partial charge >= 0.3 is 0 Å². The van der Waals surface area contributed by atoms with E-state index in [-0.39, 0.29) is 12.6 Å². The summed E-state index contributed by atoms with van der Waals surface area (Å²) in [5, 5.41) is 13.3. The van der Waals surface area contributed by atoms with E-state index in [9.17, 15) is 8.78 Å². The van der Waals surface area contributed by atoms with Gasteiger partial charge in [0.1, 0.15) is 6.10 Å². The molecule has 0 bridgehead atoms. The van der Waals surface area contributed by atoms with Crippen LogP contribution < -0.4 is 5.32 Å². The molecule has 2 rings (SSSR count). The van der Waals surface area contributed by atoms with Crippen molar-refractivity contribution in [3.8, 4) is 0 Å². The second kappa shape index (κ2) is 5.94. The quantitative estimate of drug-likeness (QED) is 0.881. The third-order valence-corrected chi connectivity index (χ3v) is 4.65. The number of alkyl halides is 2. The van der Waals surface area contributed by atoms with Gasteiger partial charge in [-0.25, -0.2) is 8.78 Å². The number of rotatable bonds is 5. The number of nitrogens with one attached hydrogen (secondary N) is 1. The van der Waals surface area contributed by atoms with E-state index in [1.165, 1.54) is 15.6 Å². The van der Waals surface area contributed by atoms with Crippen LogP contribution in [0.1, 0.15) is 23.4 Å². The zero-order chi connectivity index (χ0) is 14.0. The topological polar surface area (TPSA) is 32.3 Å². The predicted molar refractivity (Wildman–Crippen MR) is 75.0 cm³/mol. The predicted octanol–water partition coefficient (Wildman–Crippen LogP) is 3.49. The van der Waals surface area contributed by atoms with Gasteiger partial charge in [-0.2, -0.15) is 0 Å². The van der Waals surface area contributed by atoms with Crippen LogP contribution in [0.15, 0.2) is 24.3 Å². The summed E-state index contributed by atoms with van der Waals surface area (Å²) >= 11 is 1.66. The van der Waals surface area contributed by atoms with Crippen LogP contribution >= 0.6 is 11.3 Å². The molecule has 1 heterocycles. The minimum atomic E-state index is -2.71. The molecule has 2 N–H and O–H groups in total. The highest BCUT2D eigenvalue weighted by Gasteiger charge is 2.19. The van der Waals surface area contributed by atoms with Crippen LogP contribution in [-0.2, 0) is 0 Å². The molecule has 0 radical (unpaired) electrons. The first kappa shape index (κ1) is 14.4. The lowest BCUT2D eigenvalue weighted by molar-refractivity contribution is -0.00435. The van der Waals surface area contributed by atoms with E-state index in [0.29, 0.717) is 0 Å². The fraction of sp³-hybridized carbons (Fsp3) is 0.429. The lowest BCUT2D eigenvalue weighted by atomic mass is 10.1. The van der Waals surface area contributed by atoms with E-state index >= 15 is 0 Å². The highest BCUT2D eigenvalue weighted by molar-refractivity contribution is 7.19. The highest BCUT2D eigenvalue weighted by Crippen LogP contribution is 2.34. The summed E-state index contributed by atoms with van der Waals surface area (Å²) in [4.78, 5) is 1.13. The number of hydrogen-bond donors (Lipinski definition) is 2. The lowest BCUT2D eigenvalue weighted by Crippen LogP contribution is -2.33. The summed E-state index contributed by atoms with van der Waals surface area (Å²) in [5.74, 6) is 0. The van der Waals surface area contributed by atoms with E-state index in [2.05, 4.69) is 17.4 Å². The Morgan fingerprint density at radius 1 is 1.32 bits per heavy atom. The smallest absolute Gasteiger partial charge is 0.265 e. The maximum atomic E-state index is 12.2. The van der Waals surface area contributed by atoms with Crippen molar-refractivity contribution in [1.29, 1.82) is 0 Å². The summed E-state index contributed by atoms with van der Waals surface area (Å²) < 4.78 is 25.7. The van der Waals surface area contributed by atoms with Crippen LogP contribution in [0.25, 0.3) is 10.1 Å². The Morgan fingerprint density at radius 3 is 2.63 bits per heavy atom. The van der Waals surface area contributed by atoms with Crippen molar-refractivity contribution in [1.82, 2.24) is 5.32 Å². The third-order valence-electron chi connectivity index (χ3n) is 3.20. The molecule has 0 fully saturated rings. The molecule has 0 amide bonds. The van der Waals surface area contributed by atoms with Gasteiger partial charge in [0.15, 0.2) is 0 Å². The first-order chi connectivity index (χ1) is 9.00. The van der Waals surface area contributed by atoms with E-state index in [0.717, 1.165) is 4.88 Å². The number of halogens is 2. The standard InChI is InChI=1S/C14H17F2NOS/c1-8-10-5-3-4-6-12(10)19-13(8)9(2)17-7-11(18)14(15)16/h3-6,9,11,14,17-18H,7H2,1-2H3. The molecule has 1 aromatic carbocycles. The minimum absolute atomic E-state index is 0.0502. The molecule has 19 heavy (non-hydrogen) atoms. The van der Waals surface area contributed by atoms with E-state index in [1.807, 2.05) is 26.0 Å². The number of aliphatic hydroxyl groups excluding tert-OH is 1.